The number of aryl methyl sites for hydroxylation is 4. The summed E-state index contributed by atoms with van der Waals surface area (Å²) in [7, 11) is 0. The molecule has 113 heavy (non-hydrogen) atoms. The maximum atomic E-state index is 12.6. The molecule has 2 aromatic carbocycles. The Kier molecular flexibility index (Phi) is 82.2. The van der Waals surface area contributed by atoms with Crippen LogP contribution in [0.15, 0.2) is 48.0 Å². The van der Waals surface area contributed by atoms with Gasteiger partial charge in [0.2, 0.25) is 11.4 Å². The molecule has 0 amide bonds. The number of unbranched alkanes of at least 4 members (excludes halogenated alkanes) is 73. The third kappa shape index (κ3) is 67.5. The summed E-state index contributed by atoms with van der Waals surface area (Å²) in [6.45, 7) is 16.2. The van der Waals surface area contributed by atoms with Crippen LogP contribution < -0.4 is 0 Å². The standard InChI is InChI=1S/C80H140N2.2C15H31.Pd/c1-6-11-16-20-24-26-28-30-32-34-36-38-40-42-44-46-48-50-54-58-60-72-65-73(61-59-55-51-49-47-45-43-41-39-37-35-33-31-29-27-25-21-17-12-7-2)68-77(67-72)79-71-76(64-15-10-5)80(82(79)81)78-69-74(62-56-52-22-18-13-8-3)66-75(70-78)63-57-53-23-19-14-9-4;2*1-3-5-7-9-11-13-15-14-12-10-8-6-4-2;/h65-71H,6-64H2,1-5H3;2*1,3-15H2,2H3;. The molecule has 0 saturated heterocycles. The zero-order chi connectivity index (χ0) is 80.9. The van der Waals surface area contributed by atoms with Crippen molar-refractivity contribution in [2.45, 2.75) is 604 Å². The Morgan fingerprint density at radius 3 is 0.575 bits per heavy atom. The first-order valence-electron chi connectivity index (χ1n) is 52.6. The molecule has 3 rings (SSSR count). The molecule has 0 aliphatic carbocycles. The van der Waals surface area contributed by atoms with Crippen LogP contribution in [-0.4, -0.2) is 4.70 Å². The number of hydrogen-bond acceptors (Lipinski definition) is 0. The molecule has 2 nitrogen and oxygen atoms in total. The number of rotatable bonds is 89. The predicted molar refractivity (Wildman–Crippen MR) is 510 cm³/mol. The summed E-state index contributed by atoms with van der Waals surface area (Å²) < 4.78 is 1.64. The summed E-state index contributed by atoms with van der Waals surface area (Å²) in [4.78, 5) is 3.09. The van der Waals surface area contributed by atoms with Gasteiger partial charge in [-0.1, -0.05) is 401 Å². The van der Waals surface area contributed by atoms with Crippen LogP contribution in [0.2, 0.25) is 9.79 Å². The van der Waals surface area contributed by atoms with Crippen molar-refractivity contribution in [1.82, 2.24) is 0 Å². The second-order valence-electron chi connectivity index (χ2n) is 36.8. The zero-order valence-electron chi connectivity index (χ0n) is 78.3. The normalized spacial score (nSPS) is 12.4. The summed E-state index contributed by atoms with van der Waals surface area (Å²) >= 11 is 1.06. The molecule has 0 fully saturated rings. The van der Waals surface area contributed by atoms with Crippen molar-refractivity contribution >= 4 is 11.4 Å². The van der Waals surface area contributed by atoms with Crippen LogP contribution in [0.1, 0.15) is 602 Å². The van der Waals surface area contributed by atoms with Crippen molar-refractivity contribution in [2.24, 2.45) is 0 Å². The zero-order valence-corrected chi connectivity index (χ0v) is 79.8. The number of hydrogen-bond donors (Lipinski definition) is 0. The Hall–Kier alpha value is -1.82. The van der Waals surface area contributed by atoms with Crippen LogP contribution in [0.5, 0.6) is 0 Å². The smallest absolute Gasteiger partial charge is 0.0654 e. The van der Waals surface area contributed by atoms with E-state index < -0.39 is 0 Å². The van der Waals surface area contributed by atoms with Crippen LogP contribution in [-0.2, 0) is 43.7 Å². The van der Waals surface area contributed by atoms with Gasteiger partial charge in [0.25, 0.3) is 0 Å². The molecule has 0 radical (unpaired) electrons. The summed E-state index contributed by atoms with van der Waals surface area (Å²) in [5.74, 6) is 0. The molecule has 0 saturated carbocycles. The first-order chi connectivity index (χ1) is 56.0. The Morgan fingerprint density at radius 2 is 0.372 bits per heavy atom. The van der Waals surface area contributed by atoms with E-state index in [1.54, 1.807) is 14.5 Å². The van der Waals surface area contributed by atoms with Gasteiger partial charge in [-0.2, -0.15) is 0 Å². The van der Waals surface area contributed by atoms with Crippen LogP contribution >= 0.6 is 0 Å². The molecule has 1 aliphatic heterocycles. The molecular formula is C110H202N2Pd. The molecule has 0 spiro atoms. The third-order valence-electron chi connectivity index (χ3n) is 25.5. The molecule has 1 aliphatic rings. The Balaban J connectivity index is 0.00000117. The first-order valence-corrected chi connectivity index (χ1v) is 54.8. The molecule has 662 valence electrons. The molecule has 0 aromatic heterocycles. The summed E-state index contributed by atoms with van der Waals surface area (Å²) in [6, 6.07) is 14.9. The number of benzene rings is 2. The van der Waals surface area contributed by atoms with Gasteiger partial charge < -0.3 is 5.53 Å². The van der Waals surface area contributed by atoms with Crippen molar-refractivity contribution in [3.63, 3.8) is 0 Å². The Labute approximate surface area is 720 Å². The van der Waals surface area contributed by atoms with E-state index in [-0.39, 0.29) is 0 Å². The SMILES string of the molecule is CCCCCCCCCCCCCCCCCCCCCCc1cc(CCCCCCCCCCCCCCCCCCCCCC)cc(C2=CC(CCCC)=C(c3cc(CCCCCCCC)cc(CCCCCCCC)c3)[N+]2=[N-])c1.CCCCCCCCCCCCCC[CH2][Pd][CH2]CCCCCCCCCCCCCC. The summed E-state index contributed by atoms with van der Waals surface area (Å²) in [5.41, 5.74) is 24.3. The molecule has 0 unspecified atom stereocenters. The number of allylic oxidation sites excluding steroid dienone is 2. The van der Waals surface area contributed by atoms with Crippen LogP contribution in [0, 0.1) is 0 Å². The molecule has 0 N–H and O–H groups in total. The molecule has 0 bridgehead atoms. The van der Waals surface area contributed by atoms with E-state index in [1.165, 1.54) is 540 Å². The fourth-order valence-corrected chi connectivity index (χ4v) is 19.8. The predicted octanol–water partition coefficient (Wildman–Crippen LogP) is 40.3. The Morgan fingerprint density at radius 1 is 0.195 bits per heavy atom. The van der Waals surface area contributed by atoms with Crippen molar-refractivity contribution in [1.29, 1.82) is 0 Å². The monoisotopic (exact) mass is 1660 g/mol. The van der Waals surface area contributed by atoms with Crippen molar-refractivity contribution in [3.8, 4) is 0 Å². The summed E-state index contributed by atoms with van der Waals surface area (Å²) in [6.07, 6.45) is 122. The van der Waals surface area contributed by atoms with E-state index in [2.05, 4.69) is 90.9 Å². The molecule has 1 heterocycles. The van der Waals surface area contributed by atoms with Gasteiger partial charge in [-0.05, 0) is 111 Å². The van der Waals surface area contributed by atoms with Crippen molar-refractivity contribution in [2.75, 3.05) is 0 Å². The maximum absolute atomic E-state index is 12.6. The fraction of sp³-hybridized carbons (Fsp3) is 0.855. The second-order valence-corrected chi connectivity index (χ2v) is 39.2. The minimum atomic E-state index is 0.995. The van der Waals surface area contributed by atoms with Crippen LogP contribution in [0.4, 0.5) is 0 Å². The van der Waals surface area contributed by atoms with E-state index in [9.17, 15) is 5.53 Å². The number of nitrogens with zero attached hydrogens (tertiary/aromatic N) is 2. The van der Waals surface area contributed by atoms with E-state index in [4.69, 9.17) is 0 Å². The first kappa shape index (κ1) is 107. The quantitative estimate of drug-likeness (QED) is 0.0358. The van der Waals surface area contributed by atoms with Gasteiger partial charge in [0, 0.05) is 22.8 Å². The van der Waals surface area contributed by atoms with Gasteiger partial charge in [0.15, 0.2) is 0 Å². The van der Waals surface area contributed by atoms with Gasteiger partial charge in [-0.3, -0.25) is 0 Å². The van der Waals surface area contributed by atoms with Crippen LogP contribution in [0.25, 0.3) is 16.9 Å². The van der Waals surface area contributed by atoms with Crippen molar-refractivity contribution in [3.05, 3.63) is 87.0 Å². The van der Waals surface area contributed by atoms with Gasteiger partial charge >= 0.3 is 169 Å². The molecular weight excluding hydrogens is 1460 g/mol. The Bertz CT molecular complexity index is 2230. The molecule has 0 atom stereocenters. The fourth-order valence-electron chi connectivity index (χ4n) is 17.8. The van der Waals surface area contributed by atoms with E-state index in [1.807, 2.05) is 0 Å². The molecule has 3 heteroatoms. The van der Waals surface area contributed by atoms with E-state index in [0.717, 1.165) is 74.3 Å². The minimum absolute atomic E-state index is 0.995. The average molecular weight is 1660 g/mol. The van der Waals surface area contributed by atoms with Gasteiger partial charge in [0.05, 0.1) is 0 Å². The molecule has 2 aromatic rings. The average Bonchev–Trinajstić information content (AvgIpc) is 1.64. The minimum Gasteiger partial charge on any atom is -0.0654 e. The van der Waals surface area contributed by atoms with Crippen molar-refractivity contribution < 1.29 is 22.7 Å². The van der Waals surface area contributed by atoms with Gasteiger partial charge in [-0.15, -0.1) is 0 Å². The van der Waals surface area contributed by atoms with E-state index >= 15 is 0 Å². The topological polar surface area (TPSA) is 25.3 Å². The van der Waals surface area contributed by atoms with Gasteiger partial charge in [0.1, 0.15) is 0 Å². The van der Waals surface area contributed by atoms with E-state index in [0.29, 0.717) is 0 Å². The van der Waals surface area contributed by atoms with Crippen LogP contribution in [0.3, 0.4) is 0 Å². The third-order valence-corrected chi connectivity index (χ3v) is 27.7. The van der Waals surface area contributed by atoms with Gasteiger partial charge in [-0.25, -0.2) is 4.70 Å². The second kappa shape index (κ2) is 86.6. The summed E-state index contributed by atoms with van der Waals surface area (Å²) in [5, 5.41) is 0.